The molecule has 3 heteroatoms. The Kier molecular flexibility index (Phi) is 6.71. The molecule has 0 heterocycles. The number of hydrogen-bond acceptors (Lipinski definition) is 3. The fourth-order valence-electron chi connectivity index (χ4n) is 1.54. The van der Waals surface area contributed by atoms with Crippen molar-refractivity contribution in [2.45, 2.75) is 46.1 Å². The van der Waals surface area contributed by atoms with E-state index in [1.165, 1.54) is 0 Å². The van der Waals surface area contributed by atoms with E-state index in [1.54, 1.807) is 0 Å². The van der Waals surface area contributed by atoms with Gasteiger partial charge in [0.1, 0.15) is 18.1 Å². The molecular formula is C16H27NO2. The van der Waals surface area contributed by atoms with Gasteiger partial charge in [0.15, 0.2) is 0 Å². The SMILES string of the molecule is CCCOc1ccc(OCCNC(C)(C)CC)cc1. The predicted molar refractivity (Wildman–Crippen MR) is 80.1 cm³/mol. The van der Waals surface area contributed by atoms with Crippen LogP contribution in [-0.4, -0.2) is 25.3 Å². The average Bonchev–Trinajstić information content (AvgIpc) is 2.42. The van der Waals surface area contributed by atoms with Gasteiger partial charge in [-0.25, -0.2) is 0 Å². The summed E-state index contributed by atoms with van der Waals surface area (Å²) in [5.74, 6) is 1.79. The van der Waals surface area contributed by atoms with Gasteiger partial charge in [-0.1, -0.05) is 13.8 Å². The van der Waals surface area contributed by atoms with Crippen molar-refractivity contribution in [3.8, 4) is 11.5 Å². The molecule has 0 spiro atoms. The standard InChI is InChI=1S/C16H27NO2/c1-5-12-18-14-7-9-15(10-8-14)19-13-11-17-16(3,4)6-2/h7-10,17H,5-6,11-13H2,1-4H3. The molecule has 0 aliphatic carbocycles. The largest absolute Gasteiger partial charge is 0.494 e. The third kappa shape index (κ3) is 6.48. The lowest BCUT2D eigenvalue weighted by molar-refractivity contribution is 0.279. The van der Waals surface area contributed by atoms with Crippen molar-refractivity contribution in [2.75, 3.05) is 19.8 Å². The van der Waals surface area contributed by atoms with Crippen LogP contribution in [0.25, 0.3) is 0 Å². The van der Waals surface area contributed by atoms with Gasteiger partial charge in [-0.3, -0.25) is 0 Å². The van der Waals surface area contributed by atoms with Crippen LogP contribution in [0.3, 0.4) is 0 Å². The van der Waals surface area contributed by atoms with Crippen LogP contribution in [0.4, 0.5) is 0 Å². The highest BCUT2D eigenvalue weighted by molar-refractivity contribution is 5.31. The van der Waals surface area contributed by atoms with Gasteiger partial charge in [0.2, 0.25) is 0 Å². The maximum Gasteiger partial charge on any atom is 0.119 e. The second kappa shape index (κ2) is 8.05. The fourth-order valence-corrected chi connectivity index (χ4v) is 1.54. The van der Waals surface area contributed by atoms with E-state index in [4.69, 9.17) is 9.47 Å². The minimum Gasteiger partial charge on any atom is -0.494 e. The Hall–Kier alpha value is -1.22. The summed E-state index contributed by atoms with van der Waals surface area (Å²) in [6.45, 7) is 11.0. The summed E-state index contributed by atoms with van der Waals surface area (Å²) < 4.78 is 11.2. The Labute approximate surface area is 117 Å². The van der Waals surface area contributed by atoms with Crippen molar-refractivity contribution in [1.82, 2.24) is 5.32 Å². The lowest BCUT2D eigenvalue weighted by Gasteiger charge is -2.24. The van der Waals surface area contributed by atoms with Gasteiger partial charge in [-0.2, -0.15) is 0 Å². The zero-order valence-electron chi connectivity index (χ0n) is 12.7. The normalized spacial score (nSPS) is 11.4. The fraction of sp³-hybridized carbons (Fsp3) is 0.625. The number of hydrogen-bond donors (Lipinski definition) is 1. The van der Waals surface area contributed by atoms with Crippen LogP contribution in [0.5, 0.6) is 11.5 Å². The van der Waals surface area contributed by atoms with Gasteiger partial charge in [-0.15, -0.1) is 0 Å². The highest BCUT2D eigenvalue weighted by Gasteiger charge is 2.12. The molecule has 19 heavy (non-hydrogen) atoms. The molecule has 1 rings (SSSR count). The Balaban J connectivity index is 2.26. The van der Waals surface area contributed by atoms with E-state index in [1.807, 2.05) is 24.3 Å². The van der Waals surface area contributed by atoms with Crippen molar-refractivity contribution in [1.29, 1.82) is 0 Å². The maximum absolute atomic E-state index is 5.69. The second-order valence-electron chi connectivity index (χ2n) is 5.33. The summed E-state index contributed by atoms with van der Waals surface area (Å²) >= 11 is 0. The minimum absolute atomic E-state index is 0.182. The van der Waals surface area contributed by atoms with E-state index in [0.29, 0.717) is 6.61 Å². The maximum atomic E-state index is 5.69. The number of nitrogens with one attached hydrogen (secondary N) is 1. The summed E-state index contributed by atoms with van der Waals surface area (Å²) in [5, 5.41) is 3.47. The summed E-state index contributed by atoms with van der Waals surface area (Å²) in [6, 6.07) is 7.81. The number of rotatable bonds is 9. The Morgan fingerprint density at radius 3 is 1.95 bits per heavy atom. The van der Waals surface area contributed by atoms with E-state index in [2.05, 4.69) is 33.0 Å². The predicted octanol–water partition coefficient (Wildman–Crippen LogP) is 3.63. The molecule has 0 bridgehead atoms. The average molecular weight is 265 g/mol. The molecule has 1 N–H and O–H groups in total. The smallest absolute Gasteiger partial charge is 0.119 e. The molecule has 0 aliphatic heterocycles. The van der Waals surface area contributed by atoms with E-state index in [9.17, 15) is 0 Å². The third-order valence-electron chi connectivity index (χ3n) is 3.15. The summed E-state index contributed by atoms with van der Waals surface area (Å²) in [7, 11) is 0. The van der Waals surface area contributed by atoms with E-state index in [-0.39, 0.29) is 5.54 Å². The molecule has 0 saturated heterocycles. The van der Waals surface area contributed by atoms with Gasteiger partial charge in [0, 0.05) is 12.1 Å². The quantitative estimate of drug-likeness (QED) is 0.692. The highest BCUT2D eigenvalue weighted by Crippen LogP contribution is 2.17. The first-order valence-electron chi connectivity index (χ1n) is 7.18. The molecule has 0 amide bonds. The van der Waals surface area contributed by atoms with Crippen LogP contribution < -0.4 is 14.8 Å². The summed E-state index contributed by atoms with van der Waals surface area (Å²) in [4.78, 5) is 0. The van der Waals surface area contributed by atoms with E-state index >= 15 is 0 Å². The Bertz CT molecular complexity index is 346. The van der Waals surface area contributed by atoms with Gasteiger partial charge in [0.25, 0.3) is 0 Å². The van der Waals surface area contributed by atoms with Crippen LogP contribution in [0.15, 0.2) is 24.3 Å². The number of ether oxygens (including phenoxy) is 2. The third-order valence-corrected chi connectivity index (χ3v) is 3.15. The molecule has 0 saturated carbocycles. The minimum atomic E-state index is 0.182. The van der Waals surface area contributed by atoms with Crippen LogP contribution in [0, 0.1) is 0 Å². The lowest BCUT2D eigenvalue weighted by atomic mass is 10.0. The summed E-state index contributed by atoms with van der Waals surface area (Å²) in [5.41, 5.74) is 0.182. The lowest BCUT2D eigenvalue weighted by Crippen LogP contribution is -2.40. The Morgan fingerprint density at radius 1 is 0.947 bits per heavy atom. The zero-order chi connectivity index (χ0) is 14.1. The topological polar surface area (TPSA) is 30.5 Å². The molecule has 0 fully saturated rings. The zero-order valence-corrected chi connectivity index (χ0v) is 12.7. The molecule has 108 valence electrons. The molecule has 1 aromatic carbocycles. The first kappa shape index (κ1) is 15.8. The second-order valence-corrected chi connectivity index (χ2v) is 5.33. The van der Waals surface area contributed by atoms with Crippen molar-refractivity contribution in [2.24, 2.45) is 0 Å². The summed E-state index contributed by atoms with van der Waals surface area (Å²) in [6.07, 6.45) is 2.13. The molecule has 0 radical (unpaired) electrons. The first-order chi connectivity index (χ1) is 9.07. The molecule has 0 atom stereocenters. The number of benzene rings is 1. The van der Waals surface area contributed by atoms with Crippen LogP contribution in [0.1, 0.15) is 40.5 Å². The van der Waals surface area contributed by atoms with E-state index in [0.717, 1.165) is 37.5 Å². The molecule has 0 aliphatic rings. The Morgan fingerprint density at radius 2 is 1.47 bits per heavy atom. The van der Waals surface area contributed by atoms with Crippen molar-refractivity contribution in [3.05, 3.63) is 24.3 Å². The van der Waals surface area contributed by atoms with Crippen molar-refractivity contribution >= 4 is 0 Å². The molecular weight excluding hydrogens is 238 g/mol. The van der Waals surface area contributed by atoms with Crippen molar-refractivity contribution in [3.63, 3.8) is 0 Å². The molecule has 0 aromatic heterocycles. The van der Waals surface area contributed by atoms with Crippen LogP contribution in [0.2, 0.25) is 0 Å². The van der Waals surface area contributed by atoms with Gasteiger partial charge in [0.05, 0.1) is 6.61 Å². The van der Waals surface area contributed by atoms with Crippen LogP contribution >= 0.6 is 0 Å². The monoisotopic (exact) mass is 265 g/mol. The van der Waals surface area contributed by atoms with Gasteiger partial charge < -0.3 is 14.8 Å². The van der Waals surface area contributed by atoms with Crippen LogP contribution in [-0.2, 0) is 0 Å². The first-order valence-corrected chi connectivity index (χ1v) is 7.18. The molecule has 3 nitrogen and oxygen atoms in total. The highest BCUT2D eigenvalue weighted by atomic mass is 16.5. The van der Waals surface area contributed by atoms with E-state index < -0.39 is 0 Å². The van der Waals surface area contributed by atoms with Gasteiger partial charge in [-0.05, 0) is 51.0 Å². The van der Waals surface area contributed by atoms with Crippen molar-refractivity contribution < 1.29 is 9.47 Å². The molecule has 1 aromatic rings. The van der Waals surface area contributed by atoms with Gasteiger partial charge >= 0.3 is 0 Å². The molecule has 0 unspecified atom stereocenters.